The molecule has 0 saturated heterocycles. The molecule has 1 aliphatic rings. The van der Waals surface area contributed by atoms with Crippen LogP contribution < -0.4 is 10.0 Å². The molecule has 112 valence electrons. The normalized spacial score (nSPS) is 22.5. The molecule has 0 radical (unpaired) electrons. The van der Waals surface area contributed by atoms with Crippen molar-refractivity contribution in [2.75, 3.05) is 14.2 Å². The van der Waals surface area contributed by atoms with E-state index in [4.69, 9.17) is 4.74 Å². The predicted molar refractivity (Wildman–Crippen MR) is 78.8 cm³/mol. The second-order valence-electron chi connectivity index (χ2n) is 5.25. The van der Waals surface area contributed by atoms with Gasteiger partial charge in [-0.05, 0) is 31.0 Å². The van der Waals surface area contributed by atoms with Crippen LogP contribution >= 0.6 is 0 Å². The van der Waals surface area contributed by atoms with E-state index in [0.717, 1.165) is 30.5 Å². The fourth-order valence-corrected chi connectivity index (χ4v) is 3.80. The van der Waals surface area contributed by atoms with Gasteiger partial charge in [0.1, 0.15) is 0 Å². The summed E-state index contributed by atoms with van der Waals surface area (Å²) in [4.78, 5) is 0. The monoisotopic (exact) mass is 298 g/mol. The topological polar surface area (TPSA) is 67.4 Å². The first-order valence-corrected chi connectivity index (χ1v) is 8.43. The Morgan fingerprint density at radius 1 is 1.30 bits per heavy atom. The molecule has 0 amide bonds. The van der Waals surface area contributed by atoms with Gasteiger partial charge >= 0.3 is 0 Å². The molecule has 2 N–H and O–H groups in total. The third-order valence-electron chi connectivity index (χ3n) is 3.50. The van der Waals surface area contributed by atoms with E-state index in [1.807, 2.05) is 31.3 Å². The fraction of sp³-hybridized carbons (Fsp3) is 0.571. The summed E-state index contributed by atoms with van der Waals surface area (Å²) in [6, 6.07) is 7.66. The zero-order valence-corrected chi connectivity index (χ0v) is 12.7. The maximum atomic E-state index is 12.1. The van der Waals surface area contributed by atoms with Crippen molar-refractivity contribution >= 4 is 10.0 Å². The van der Waals surface area contributed by atoms with Crippen molar-refractivity contribution in [2.45, 2.75) is 37.3 Å². The van der Waals surface area contributed by atoms with Gasteiger partial charge in [-0.3, -0.25) is 0 Å². The highest BCUT2D eigenvalue weighted by molar-refractivity contribution is 7.88. The van der Waals surface area contributed by atoms with Gasteiger partial charge in [0.25, 0.3) is 0 Å². The number of rotatable bonds is 7. The van der Waals surface area contributed by atoms with Gasteiger partial charge in [-0.1, -0.05) is 24.3 Å². The summed E-state index contributed by atoms with van der Waals surface area (Å²) in [5.74, 6) is 0.0265. The second-order valence-corrected chi connectivity index (χ2v) is 7.01. The van der Waals surface area contributed by atoms with Crippen molar-refractivity contribution in [1.29, 1.82) is 0 Å². The van der Waals surface area contributed by atoms with E-state index in [2.05, 4.69) is 10.0 Å². The van der Waals surface area contributed by atoms with E-state index >= 15 is 0 Å². The molecule has 0 aliphatic heterocycles. The van der Waals surface area contributed by atoms with Crippen LogP contribution in [0.25, 0.3) is 0 Å². The molecule has 0 atom stereocenters. The van der Waals surface area contributed by atoms with Crippen LogP contribution in [-0.4, -0.2) is 34.7 Å². The van der Waals surface area contributed by atoms with Crippen LogP contribution in [0.5, 0.6) is 0 Å². The van der Waals surface area contributed by atoms with E-state index in [9.17, 15) is 8.42 Å². The van der Waals surface area contributed by atoms with Crippen molar-refractivity contribution in [3.63, 3.8) is 0 Å². The van der Waals surface area contributed by atoms with Crippen LogP contribution in [0.15, 0.2) is 24.3 Å². The second kappa shape index (κ2) is 6.67. The lowest BCUT2D eigenvalue weighted by Crippen LogP contribution is -2.47. The van der Waals surface area contributed by atoms with E-state index in [1.165, 1.54) is 0 Å². The number of ether oxygens (including phenoxy) is 1. The number of hydrogen-bond donors (Lipinski definition) is 2. The molecule has 0 aromatic heterocycles. The first-order valence-electron chi connectivity index (χ1n) is 6.77. The van der Waals surface area contributed by atoms with Crippen molar-refractivity contribution < 1.29 is 13.2 Å². The minimum Gasteiger partial charge on any atom is -0.381 e. The Hall–Kier alpha value is -0.950. The van der Waals surface area contributed by atoms with Gasteiger partial charge in [-0.2, -0.15) is 0 Å². The van der Waals surface area contributed by atoms with Gasteiger partial charge < -0.3 is 10.1 Å². The number of nitrogens with one attached hydrogen (secondary N) is 2. The van der Waals surface area contributed by atoms with E-state index in [0.29, 0.717) is 0 Å². The largest absolute Gasteiger partial charge is 0.381 e. The van der Waals surface area contributed by atoms with Gasteiger partial charge in [0.05, 0.1) is 11.9 Å². The van der Waals surface area contributed by atoms with Crippen molar-refractivity contribution in [1.82, 2.24) is 10.0 Å². The van der Waals surface area contributed by atoms with Gasteiger partial charge in [-0.15, -0.1) is 0 Å². The average Bonchev–Trinajstić information content (AvgIpc) is 2.33. The number of methoxy groups -OCH3 is 1. The molecule has 20 heavy (non-hydrogen) atoms. The Morgan fingerprint density at radius 2 is 2.00 bits per heavy atom. The third-order valence-corrected chi connectivity index (χ3v) is 4.91. The minimum atomic E-state index is -3.28. The van der Waals surface area contributed by atoms with Crippen molar-refractivity contribution in [2.24, 2.45) is 0 Å². The first-order chi connectivity index (χ1) is 9.52. The fourth-order valence-electron chi connectivity index (χ4n) is 2.40. The Kier molecular flexibility index (Phi) is 5.15. The molecular formula is C14H22N2O3S. The Balaban J connectivity index is 1.92. The van der Waals surface area contributed by atoms with Crippen LogP contribution in [0.3, 0.4) is 0 Å². The molecule has 2 rings (SSSR count). The highest BCUT2D eigenvalue weighted by atomic mass is 32.2. The third kappa shape index (κ3) is 4.28. The summed E-state index contributed by atoms with van der Waals surface area (Å²) in [5, 5.41) is 3.06. The van der Waals surface area contributed by atoms with E-state index in [-0.39, 0.29) is 17.9 Å². The summed E-state index contributed by atoms with van der Waals surface area (Å²) in [6.45, 7) is 0.736. The predicted octanol–water partition coefficient (Wildman–Crippen LogP) is 1.00. The summed E-state index contributed by atoms with van der Waals surface area (Å²) in [5.41, 5.74) is 1.90. The summed E-state index contributed by atoms with van der Waals surface area (Å²) in [7, 11) is 0.240. The lowest BCUT2D eigenvalue weighted by atomic mass is 9.90. The zero-order valence-electron chi connectivity index (χ0n) is 11.9. The SMILES string of the molecule is CNCc1cccc(CS(=O)(=O)NC2CC(OC)C2)c1. The Labute approximate surface area is 120 Å². The van der Waals surface area contributed by atoms with Gasteiger partial charge in [-0.25, -0.2) is 13.1 Å². The quantitative estimate of drug-likeness (QED) is 0.788. The lowest BCUT2D eigenvalue weighted by molar-refractivity contribution is 0.0236. The molecular weight excluding hydrogens is 276 g/mol. The lowest BCUT2D eigenvalue weighted by Gasteiger charge is -2.34. The standard InChI is InChI=1S/C14H22N2O3S/c1-15-9-11-4-3-5-12(6-11)10-20(17,18)16-13-7-14(8-13)19-2/h3-6,13-16H,7-10H2,1-2H3. The Morgan fingerprint density at radius 3 is 2.65 bits per heavy atom. The summed E-state index contributed by atoms with van der Waals surface area (Å²) >= 11 is 0. The highest BCUT2D eigenvalue weighted by Gasteiger charge is 2.32. The summed E-state index contributed by atoms with van der Waals surface area (Å²) in [6.07, 6.45) is 1.71. The number of sulfonamides is 1. The van der Waals surface area contributed by atoms with Gasteiger partial charge in [0.2, 0.25) is 10.0 Å². The first kappa shape index (κ1) is 15.4. The van der Waals surface area contributed by atoms with Gasteiger partial charge in [0.15, 0.2) is 0 Å². The molecule has 0 bridgehead atoms. The van der Waals surface area contributed by atoms with Crippen LogP contribution in [-0.2, 0) is 27.1 Å². The molecule has 0 spiro atoms. The molecule has 1 saturated carbocycles. The van der Waals surface area contributed by atoms with Crippen LogP contribution in [0.1, 0.15) is 24.0 Å². The summed E-state index contributed by atoms with van der Waals surface area (Å²) < 4.78 is 32.1. The van der Waals surface area contributed by atoms with E-state index < -0.39 is 10.0 Å². The molecule has 1 aliphatic carbocycles. The smallest absolute Gasteiger partial charge is 0.216 e. The molecule has 6 heteroatoms. The Bertz CT molecular complexity index is 539. The zero-order chi connectivity index (χ0) is 14.6. The minimum absolute atomic E-state index is 0.0189. The molecule has 0 heterocycles. The molecule has 1 aromatic rings. The molecule has 0 unspecified atom stereocenters. The maximum Gasteiger partial charge on any atom is 0.216 e. The number of hydrogen-bond acceptors (Lipinski definition) is 4. The van der Waals surface area contributed by atoms with Crippen LogP contribution in [0, 0.1) is 0 Å². The molecule has 1 fully saturated rings. The van der Waals surface area contributed by atoms with Crippen LogP contribution in [0.2, 0.25) is 0 Å². The van der Waals surface area contributed by atoms with Crippen molar-refractivity contribution in [3.05, 3.63) is 35.4 Å². The number of benzene rings is 1. The maximum absolute atomic E-state index is 12.1. The highest BCUT2D eigenvalue weighted by Crippen LogP contribution is 2.23. The van der Waals surface area contributed by atoms with Gasteiger partial charge in [0, 0.05) is 19.7 Å². The molecule has 1 aromatic carbocycles. The van der Waals surface area contributed by atoms with Crippen molar-refractivity contribution in [3.8, 4) is 0 Å². The average molecular weight is 298 g/mol. The van der Waals surface area contributed by atoms with Crippen LogP contribution in [0.4, 0.5) is 0 Å². The molecule has 5 nitrogen and oxygen atoms in total. The van der Waals surface area contributed by atoms with E-state index in [1.54, 1.807) is 7.11 Å².